The number of amides is 1. The summed E-state index contributed by atoms with van der Waals surface area (Å²) in [4.78, 5) is 21.4. The minimum absolute atomic E-state index is 0.179. The summed E-state index contributed by atoms with van der Waals surface area (Å²) in [5.74, 6) is -1.43. The van der Waals surface area contributed by atoms with Crippen LogP contribution < -0.4 is 16.0 Å². The zero-order chi connectivity index (χ0) is 24.1. The average molecular weight is 498 g/mol. The lowest BCUT2D eigenvalue weighted by Gasteiger charge is -2.30. The number of halogens is 4. The van der Waals surface area contributed by atoms with Gasteiger partial charge in [-0.3, -0.25) is 4.79 Å². The number of rotatable bonds is 6. The van der Waals surface area contributed by atoms with Gasteiger partial charge < -0.3 is 20.7 Å². The van der Waals surface area contributed by atoms with Crippen LogP contribution in [0.1, 0.15) is 19.3 Å². The van der Waals surface area contributed by atoms with Crippen LogP contribution in [0.15, 0.2) is 30.5 Å². The number of pyridine rings is 2. The predicted molar refractivity (Wildman–Crippen MR) is 124 cm³/mol. The molecule has 34 heavy (non-hydrogen) atoms. The SMILES string of the molecule is O=C(Nc1cc(-c2cccc(NCC3CCOCC3)n2)c(Cl)cn1)C1CNCC(C(F)(F)F)C1. The van der Waals surface area contributed by atoms with Crippen LogP contribution in [0.5, 0.6) is 0 Å². The maximum absolute atomic E-state index is 13.1. The molecular formula is C23H27ClF3N5O2. The largest absolute Gasteiger partial charge is 0.393 e. The van der Waals surface area contributed by atoms with Crippen LogP contribution in [0.25, 0.3) is 11.3 Å². The van der Waals surface area contributed by atoms with E-state index in [9.17, 15) is 18.0 Å². The number of alkyl halides is 3. The van der Waals surface area contributed by atoms with Crippen molar-refractivity contribution in [3.8, 4) is 11.3 Å². The first-order valence-corrected chi connectivity index (χ1v) is 11.7. The molecule has 0 aliphatic carbocycles. The van der Waals surface area contributed by atoms with Gasteiger partial charge in [-0.05, 0) is 43.4 Å². The molecule has 2 aliphatic rings. The van der Waals surface area contributed by atoms with Gasteiger partial charge in [-0.2, -0.15) is 13.2 Å². The maximum Gasteiger partial charge on any atom is 0.393 e. The Balaban J connectivity index is 1.43. The quantitative estimate of drug-likeness (QED) is 0.549. The molecule has 0 spiro atoms. The van der Waals surface area contributed by atoms with E-state index in [1.54, 1.807) is 12.1 Å². The predicted octanol–water partition coefficient (Wildman–Crippen LogP) is 4.36. The van der Waals surface area contributed by atoms with Crippen molar-refractivity contribution in [2.45, 2.75) is 25.4 Å². The molecule has 2 aromatic heterocycles. The highest BCUT2D eigenvalue weighted by molar-refractivity contribution is 6.33. The van der Waals surface area contributed by atoms with Gasteiger partial charge in [0.05, 0.1) is 22.6 Å². The summed E-state index contributed by atoms with van der Waals surface area (Å²) >= 11 is 6.35. The second kappa shape index (κ2) is 10.9. The van der Waals surface area contributed by atoms with Gasteiger partial charge in [-0.1, -0.05) is 17.7 Å². The number of hydrogen-bond acceptors (Lipinski definition) is 6. The number of carbonyl (C=O) groups is 1. The molecule has 2 aromatic rings. The van der Waals surface area contributed by atoms with Gasteiger partial charge in [-0.25, -0.2) is 9.97 Å². The first kappa shape index (κ1) is 24.7. The van der Waals surface area contributed by atoms with Gasteiger partial charge in [0.15, 0.2) is 0 Å². The molecule has 0 aromatic carbocycles. The second-order valence-electron chi connectivity index (χ2n) is 8.71. The maximum atomic E-state index is 13.1. The number of aromatic nitrogens is 2. The molecule has 0 saturated carbocycles. The summed E-state index contributed by atoms with van der Waals surface area (Å²) in [5.41, 5.74) is 1.16. The van der Waals surface area contributed by atoms with E-state index in [1.807, 2.05) is 12.1 Å². The van der Waals surface area contributed by atoms with E-state index in [1.165, 1.54) is 6.20 Å². The van der Waals surface area contributed by atoms with Crippen molar-refractivity contribution in [3.63, 3.8) is 0 Å². The van der Waals surface area contributed by atoms with Crippen LogP contribution in [0.4, 0.5) is 24.8 Å². The third-order valence-electron chi connectivity index (χ3n) is 6.23. The zero-order valence-electron chi connectivity index (χ0n) is 18.5. The van der Waals surface area contributed by atoms with Gasteiger partial charge in [0, 0.05) is 44.6 Å². The number of ether oxygens (including phenoxy) is 1. The van der Waals surface area contributed by atoms with Crippen molar-refractivity contribution in [2.24, 2.45) is 17.8 Å². The molecule has 11 heteroatoms. The second-order valence-corrected chi connectivity index (χ2v) is 9.12. The van der Waals surface area contributed by atoms with Gasteiger partial charge in [0.2, 0.25) is 5.91 Å². The molecule has 2 atom stereocenters. The molecule has 7 nitrogen and oxygen atoms in total. The third kappa shape index (κ3) is 6.37. The highest BCUT2D eigenvalue weighted by Crippen LogP contribution is 2.34. The Morgan fingerprint density at radius 2 is 2.00 bits per heavy atom. The Labute approximate surface area is 200 Å². The average Bonchev–Trinajstić information content (AvgIpc) is 2.84. The lowest BCUT2D eigenvalue weighted by atomic mass is 9.89. The first-order valence-electron chi connectivity index (χ1n) is 11.3. The van der Waals surface area contributed by atoms with E-state index in [4.69, 9.17) is 16.3 Å². The Bertz CT molecular complexity index is 1000. The molecule has 2 unspecified atom stereocenters. The van der Waals surface area contributed by atoms with Crippen molar-refractivity contribution in [1.82, 2.24) is 15.3 Å². The number of carbonyl (C=O) groups excluding carboxylic acids is 1. The molecule has 1 amide bonds. The molecular weight excluding hydrogens is 471 g/mol. The van der Waals surface area contributed by atoms with Crippen LogP contribution in [-0.2, 0) is 9.53 Å². The van der Waals surface area contributed by atoms with Crippen molar-refractivity contribution in [3.05, 3.63) is 35.5 Å². The number of piperidine rings is 1. The molecule has 4 rings (SSSR count). The van der Waals surface area contributed by atoms with Gasteiger partial charge >= 0.3 is 6.18 Å². The summed E-state index contributed by atoms with van der Waals surface area (Å²) in [7, 11) is 0. The molecule has 2 aliphatic heterocycles. The Hall–Kier alpha value is -2.43. The molecule has 0 radical (unpaired) electrons. The molecule has 2 saturated heterocycles. The van der Waals surface area contributed by atoms with E-state index in [0.29, 0.717) is 28.0 Å². The number of hydrogen-bond donors (Lipinski definition) is 3. The standard InChI is InChI=1S/C23H27ClF3N5O2/c24-18-13-30-21(32-22(33)15-8-16(12-28-11-15)23(25,26)27)9-17(18)19-2-1-3-20(31-19)29-10-14-4-6-34-7-5-14/h1-3,9,13-16,28H,4-8,10-12H2,(H,29,31)(H,30,32,33). The fraction of sp³-hybridized carbons (Fsp3) is 0.522. The summed E-state index contributed by atoms with van der Waals surface area (Å²) in [6, 6.07) is 7.11. The van der Waals surface area contributed by atoms with Crippen molar-refractivity contribution >= 4 is 29.1 Å². The summed E-state index contributed by atoms with van der Waals surface area (Å²) in [6.07, 6.45) is -1.19. The molecule has 0 bridgehead atoms. The normalized spacial score (nSPS) is 21.8. The minimum Gasteiger partial charge on any atom is -0.381 e. The van der Waals surface area contributed by atoms with E-state index < -0.39 is 23.9 Å². The lowest BCUT2D eigenvalue weighted by Crippen LogP contribution is -2.46. The van der Waals surface area contributed by atoms with Crippen LogP contribution in [0.3, 0.4) is 0 Å². The smallest absolute Gasteiger partial charge is 0.381 e. The zero-order valence-corrected chi connectivity index (χ0v) is 19.3. The monoisotopic (exact) mass is 497 g/mol. The van der Waals surface area contributed by atoms with Gasteiger partial charge in [0.1, 0.15) is 11.6 Å². The summed E-state index contributed by atoms with van der Waals surface area (Å²) in [5, 5.41) is 9.04. The summed E-state index contributed by atoms with van der Waals surface area (Å²) in [6.45, 7) is 2.34. The van der Waals surface area contributed by atoms with E-state index in [-0.39, 0.29) is 25.3 Å². The van der Waals surface area contributed by atoms with Crippen LogP contribution >= 0.6 is 11.6 Å². The van der Waals surface area contributed by atoms with Crippen LogP contribution in [0, 0.1) is 17.8 Å². The van der Waals surface area contributed by atoms with Crippen molar-refractivity contribution in [2.75, 3.05) is 43.5 Å². The first-order chi connectivity index (χ1) is 16.3. The molecule has 184 valence electrons. The highest BCUT2D eigenvalue weighted by Gasteiger charge is 2.43. The lowest BCUT2D eigenvalue weighted by molar-refractivity contribution is -0.181. The Morgan fingerprint density at radius 1 is 1.21 bits per heavy atom. The molecule has 2 fully saturated rings. The van der Waals surface area contributed by atoms with E-state index in [2.05, 4.69) is 25.9 Å². The Kier molecular flexibility index (Phi) is 7.90. The fourth-order valence-electron chi connectivity index (χ4n) is 4.21. The van der Waals surface area contributed by atoms with Crippen molar-refractivity contribution in [1.29, 1.82) is 0 Å². The van der Waals surface area contributed by atoms with E-state index in [0.717, 1.165) is 32.6 Å². The molecule has 4 heterocycles. The minimum atomic E-state index is -4.34. The van der Waals surface area contributed by atoms with Crippen LogP contribution in [0.2, 0.25) is 5.02 Å². The number of nitrogens with one attached hydrogen (secondary N) is 3. The number of anilines is 2. The topological polar surface area (TPSA) is 88.2 Å². The summed E-state index contributed by atoms with van der Waals surface area (Å²) < 4.78 is 44.6. The van der Waals surface area contributed by atoms with Crippen molar-refractivity contribution < 1.29 is 22.7 Å². The molecule has 3 N–H and O–H groups in total. The Morgan fingerprint density at radius 3 is 2.76 bits per heavy atom. The van der Waals surface area contributed by atoms with Gasteiger partial charge in [-0.15, -0.1) is 0 Å². The third-order valence-corrected chi connectivity index (χ3v) is 6.53. The number of nitrogens with zero attached hydrogens (tertiary/aromatic N) is 2. The van der Waals surface area contributed by atoms with E-state index >= 15 is 0 Å². The fourth-order valence-corrected chi connectivity index (χ4v) is 4.41. The van der Waals surface area contributed by atoms with Crippen LogP contribution in [-0.4, -0.2) is 54.9 Å². The highest BCUT2D eigenvalue weighted by atomic mass is 35.5. The van der Waals surface area contributed by atoms with Gasteiger partial charge in [0.25, 0.3) is 0 Å².